The summed E-state index contributed by atoms with van der Waals surface area (Å²) in [5.41, 5.74) is 9.11. The first-order valence-electron chi connectivity index (χ1n) is 16.4. The standard InChI is InChI=1S/C39H58Si4/c1-26-20-17-23-33(36(26)40(8,9)10)43(39-31(6)29(4)30(5)32(39)7,34-24-18-21-27(2)37(34)41(11,12)13)35-25-19-22-28(3)38(35)42(14,15)16/h17-25,31H,1-16H3. The Morgan fingerprint density at radius 1 is 0.442 bits per heavy atom. The Labute approximate surface area is 268 Å². The van der Waals surface area contributed by atoms with E-state index in [-0.39, 0.29) is 0 Å². The van der Waals surface area contributed by atoms with Crippen LogP contribution in [0.4, 0.5) is 0 Å². The highest BCUT2D eigenvalue weighted by molar-refractivity contribution is 7.22. The predicted molar refractivity (Wildman–Crippen MR) is 207 cm³/mol. The average Bonchev–Trinajstić information content (AvgIpc) is 3.05. The molecule has 0 aromatic heterocycles. The van der Waals surface area contributed by atoms with Gasteiger partial charge in [0.05, 0.1) is 24.2 Å². The van der Waals surface area contributed by atoms with Gasteiger partial charge in [-0.1, -0.05) is 169 Å². The highest BCUT2D eigenvalue weighted by Gasteiger charge is 2.53. The van der Waals surface area contributed by atoms with Crippen LogP contribution in [0.25, 0.3) is 0 Å². The second-order valence-corrected chi connectivity index (χ2v) is 35.2. The number of allylic oxidation sites excluding steroid dienone is 4. The van der Waals surface area contributed by atoms with Gasteiger partial charge in [-0.3, -0.25) is 0 Å². The van der Waals surface area contributed by atoms with Gasteiger partial charge in [0.25, 0.3) is 0 Å². The van der Waals surface area contributed by atoms with E-state index in [1.165, 1.54) is 22.3 Å². The molecule has 0 heterocycles. The van der Waals surface area contributed by atoms with Gasteiger partial charge in [0, 0.05) is 0 Å². The third kappa shape index (κ3) is 5.55. The summed E-state index contributed by atoms with van der Waals surface area (Å²) in [5, 5.41) is 11.9. The zero-order valence-electron chi connectivity index (χ0n) is 30.3. The zero-order chi connectivity index (χ0) is 32.4. The first-order chi connectivity index (χ1) is 19.7. The Morgan fingerprint density at radius 2 is 0.744 bits per heavy atom. The van der Waals surface area contributed by atoms with E-state index in [1.807, 2.05) is 0 Å². The molecule has 1 atom stereocenters. The summed E-state index contributed by atoms with van der Waals surface area (Å²) in [6.45, 7) is 40.2. The lowest BCUT2D eigenvalue weighted by Crippen LogP contribution is -2.81. The first kappa shape index (κ1) is 33.9. The van der Waals surface area contributed by atoms with Crippen molar-refractivity contribution in [3.05, 3.63) is 93.2 Å². The molecule has 4 rings (SSSR count). The van der Waals surface area contributed by atoms with E-state index in [9.17, 15) is 0 Å². The van der Waals surface area contributed by atoms with E-state index < -0.39 is 32.3 Å². The van der Waals surface area contributed by atoms with Gasteiger partial charge in [-0.05, 0) is 68.6 Å². The van der Waals surface area contributed by atoms with Gasteiger partial charge in [-0.25, -0.2) is 0 Å². The third-order valence-electron chi connectivity index (χ3n) is 10.3. The molecular weight excluding hydrogens is 581 g/mol. The van der Waals surface area contributed by atoms with Crippen molar-refractivity contribution in [2.24, 2.45) is 5.92 Å². The molecule has 0 saturated carbocycles. The molecular formula is C39H58Si4. The third-order valence-corrected chi connectivity index (χ3v) is 22.9. The number of hydrogen-bond acceptors (Lipinski definition) is 0. The van der Waals surface area contributed by atoms with Gasteiger partial charge in [0.1, 0.15) is 0 Å². The van der Waals surface area contributed by atoms with Crippen LogP contribution in [0.2, 0.25) is 58.9 Å². The Kier molecular flexibility index (Phi) is 9.00. The van der Waals surface area contributed by atoms with E-state index >= 15 is 0 Å². The molecule has 0 bridgehead atoms. The van der Waals surface area contributed by atoms with Gasteiger partial charge < -0.3 is 0 Å². The Balaban J connectivity index is 2.52. The Morgan fingerprint density at radius 3 is 0.977 bits per heavy atom. The number of aryl methyl sites for hydroxylation is 3. The maximum Gasteiger partial charge on any atom is 0.176 e. The molecule has 0 aliphatic heterocycles. The zero-order valence-corrected chi connectivity index (χ0v) is 34.3. The van der Waals surface area contributed by atoms with Gasteiger partial charge >= 0.3 is 0 Å². The van der Waals surface area contributed by atoms with E-state index in [4.69, 9.17) is 0 Å². The molecule has 3 aromatic carbocycles. The van der Waals surface area contributed by atoms with Crippen LogP contribution in [-0.4, -0.2) is 32.3 Å². The molecule has 0 radical (unpaired) electrons. The van der Waals surface area contributed by atoms with E-state index in [0.717, 1.165) is 0 Å². The lowest BCUT2D eigenvalue weighted by molar-refractivity contribution is 0.852. The monoisotopic (exact) mass is 638 g/mol. The molecule has 0 saturated heterocycles. The van der Waals surface area contributed by atoms with Crippen molar-refractivity contribution in [3.63, 3.8) is 0 Å². The van der Waals surface area contributed by atoms with Gasteiger partial charge in [0.2, 0.25) is 0 Å². The van der Waals surface area contributed by atoms with Crippen LogP contribution >= 0.6 is 0 Å². The van der Waals surface area contributed by atoms with Crippen molar-refractivity contribution in [1.29, 1.82) is 0 Å². The van der Waals surface area contributed by atoms with Crippen LogP contribution in [0.1, 0.15) is 44.4 Å². The van der Waals surface area contributed by atoms with Crippen LogP contribution in [0, 0.1) is 26.7 Å². The topological polar surface area (TPSA) is 0 Å². The van der Waals surface area contributed by atoms with Crippen molar-refractivity contribution < 1.29 is 0 Å². The van der Waals surface area contributed by atoms with Crippen molar-refractivity contribution in [3.8, 4) is 0 Å². The van der Waals surface area contributed by atoms with E-state index in [1.54, 1.807) is 47.5 Å². The van der Waals surface area contributed by atoms with Crippen molar-refractivity contribution >= 4 is 63.4 Å². The summed E-state index contributed by atoms with van der Waals surface area (Å²) < 4.78 is 0. The van der Waals surface area contributed by atoms with Gasteiger partial charge in [0.15, 0.2) is 8.07 Å². The molecule has 0 fully saturated rings. The molecule has 4 heteroatoms. The highest BCUT2D eigenvalue weighted by Crippen LogP contribution is 2.41. The number of benzene rings is 3. The minimum atomic E-state index is -2.82. The van der Waals surface area contributed by atoms with Crippen LogP contribution in [0.3, 0.4) is 0 Å². The molecule has 230 valence electrons. The van der Waals surface area contributed by atoms with E-state index in [0.29, 0.717) is 5.92 Å². The second-order valence-electron chi connectivity index (χ2n) is 16.6. The summed E-state index contributed by atoms with van der Waals surface area (Å²) in [7, 11) is -8.09. The van der Waals surface area contributed by atoms with Crippen LogP contribution in [0.5, 0.6) is 0 Å². The largest absolute Gasteiger partial charge is 0.176 e. The first-order valence-corrected chi connectivity index (χ1v) is 28.9. The summed E-state index contributed by atoms with van der Waals surface area (Å²) in [4.78, 5) is 0. The average molecular weight is 639 g/mol. The second kappa shape index (κ2) is 11.4. The maximum atomic E-state index is 2.61. The summed E-state index contributed by atoms with van der Waals surface area (Å²) in [6.07, 6.45) is 0. The molecule has 43 heavy (non-hydrogen) atoms. The van der Waals surface area contributed by atoms with Gasteiger partial charge in [-0.15, -0.1) is 0 Å². The normalized spacial score (nSPS) is 16.9. The van der Waals surface area contributed by atoms with Crippen LogP contribution in [0.15, 0.2) is 76.5 Å². The molecule has 0 nitrogen and oxygen atoms in total. The quantitative estimate of drug-likeness (QED) is 0.185. The minimum Gasteiger partial charge on any atom is -0.0656 e. The fraction of sp³-hybridized carbons (Fsp3) is 0.436. The Bertz CT molecular complexity index is 1480. The summed E-state index contributed by atoms with van der Waals surface area (Å²) in [5.74, 6) is 0.423. The summed E-state index contributed by atoms with van der Waals surface area (Å²) in [6, 6.07) is 22.2. The molecule has 1 aliphatic rings. The highest BCUT2D eigenvalue weighted by atomic mass is 28.3. The van der Waals surface area contributed by atoms with Crippen LogP contribution < -0.4 is 31.1 Å². The van der Waals surface area contributed by atoms with Gasteiger partial charge in [-0.2, -0.15) is 0 Å². The summed E-state index contributed by atoms with van der Waals surface area (Å²) >= 11 is 0. The molecule has 1 aliphatic carbocycles. The predicted octanol–water partition coefficient (Wildman–Crippen LogP) is 7.56. The Hall–Kier alpha value is -1.99. The van der Waals surface area contributed by atoms with Crippen molar-refractivity contribution in [2.75, 3.05) is 0 Å². The SMILES string of the molecule is CC1=C(C)C(C)C([Si](c2cccc(C)c2[Si](C)(C)C)(c2cccc(C)c2[Si](C)(C)C)c2cccc(C)c2[Si](C)(C)C)=C1C. The molecule has 0 N–H and O–H groups in total. The van der Waals surface area contributed by atoms with Crippen LogP contribution in [-0.2, 0) is 0 Å². The maximum absolute atomic E-state index is 2.82. The molecule has 0 amide bonds. The smallest absolute Gasteiger partial charge is 0.0656 e. The molecule has 1 unspecified atom stereocenters. The fourth-order valence-corrected chi connectivity index (χ4v) is 26.4. The van der Waals surface area contributed by atoms with Crippen molar-refractivity contribution in [2.45, 2.75) is 107 Å². The minimum absolute atomic E-state index is 0.423. The lowest BCUT2D eigenvalue weighted by atomic mass is 10.1. The lowest BCUT2D eigenvalue weighted by Gasteiger charge is -2.46. The van der Waals surface area contributed by atoms with Crippen molar-refractivity contribution in [1.82, 2.24) is 0 Å². The molecule has 0 spiro atoms. The fourth-order valence-electron chi connectivity index (χ4n) is 8.77. The van der Waals surface area contributed by atoms with E-state index in [2.05, 4.69) is 162 Å². The number of hydrogen-bond donors (Lipinski definition) is 0. The molecule has 3 aromatic rings. The number of rotatable bonds is 7.